The average molecular weight is 611 g/mol. The second-order valence-electron chi connectivity index (χ2n) is 9.02. The number of nitrogens with one attached hydrogen (secondary N) is 1. The van der Waals surface area contributed by atoms with Crippen LogP contribution in [0.4, 0.5) is 5.69 Å². The first-order chi connectivity index (χ1) is 18.4. The molecule has 0 unspecified atom stereocenters. The second kappa shape index (κ2) is 13.5. The van der Waals surface area contributed by atoms with Crippen molar-refractivity contribution in [2.24, 2.45) is 0 Å². The fourth-order valence-corrected chi connectivity index (χ4v) is 5.53. The normalized spacial score (nSPS) is 12.1. The van der Waals surface area contributed by atoms with Crippen LogP contribution in [-0.4, -0.2) is 50.5 Å². The summed E-state index contributed by atoms with van der Waals surface area (Å²) in [5, 5.41) is 3.82. The third-order valence-corrected chi connectivity index (χ3v) is 8.42. The smallest absolute Gasteiger partial charge is 0.244 e. The van der Waals surface area contributed by atoms with Crippen LogP contribution in [0.3, 0.4) is 0 Å². The number of carbonyl (C=O) groups is 2. The average Bonchev–Trinajstić information content (AvgIpc) is 2.88. The molecule has 0 saturated carbocycles. The Morgan fingerprint density at radius 1 is 0.897 bits per heavy atom. The van der Waals surface area contributed by atoms with Crippen LogP contribution < -0.4 is 9.62 Å². The van der Waals surface area contributed by atoms with E-state index in [1.807, 2.05) is 30.3 Å². The minimum absolute atomic E-state index is 0.00349. The van der Waals surface area contributed by atoms with Gasteiger partial charge in [-0.15, -0.1) is 0 Å². The first-order valence-electron chi connectivity index (χ1n) is 12.2. The summed E-state index contributed by atoms with van der Waals surface area (Å²) >= 11 is 18.6. The van der Waals surface area contributed by atoms with E-state index in [0.717, 1.165) is 16.1 Å². The first kappa shape index (κ1) is 30.8. The molecular weight excluding hydrogens is 581 g/mol. The zero-order valence-electron chi connectivity index (χ0n) is 21.8. The summed E-state index contributed by atoms with van der Waals surface area (Å²) in [6.45, 7) is 3.29. The SMILES string of the molecule is CCNC(=O)[C@@H](Cc1ccccc1)N(Cc1ccc(Cl)c(Cl)c1)C(=O)CN(c1cccc(Cl)c1C)S(C)(=O)=O. The molecule has 0 aliphatic rings. The van der Waals surface area contributed by atoms with E-state index in [9.17, 15) is 18.0 Å². The maximum atomic E-state index is 14.0. The van der Waals surface area contributed by atoms with Gasteiger partial charge in [0, 0.05) is 24.5 Å². The first-order valence-corrected chi connectivity index (χ1v) is 15.2. The molecule has 0 radical (unpaired) electrons. The quantitative estimate of drug-likeness (QED) is 0.311. The van der Waals surface area contributed by atoms with Crippen LogP contribution in [0.1, 0.15) is 23.6 Å². The van der Waals surface area contributed by atoms with Crippen molar-refractivity contribution in [1.82, 2.24) is 10.2 Å². The van der Waals surface area contributed by atoms with Crippen molar-refractivity contribution in [2.75, 3.05) is 23.7 Å². The number of likely N-dealkylation sites (N-methyl/N-ethyl adjacent to an activating group) is 1. The maximum Gasteiger partial charge on any atom is 0.244 e. The molecule has 1 atom stereocenters. The lowest BCUT2D eigenvalue weighted by atomic mass is 10.0. The number of sulfonamides is 1. The molecule has 0 bridgehead atoms. The Labute approximate surface area is 244 Å². The number of benzene rings is 3. The molecule has 7 nitrogen and oxygen atoms in total. The van der Waals surface area contributed by atoms with Gasteiger partial charge in [-0.3, -0.25) is 13.9 Å². The number of halogens is 3. The largest absolute Gasteiger partial charge is 0.355 e. The van der Waals surface area contributed by atoms with Crippen LogP contribution in [0.2, 0.25) is 15.1 Å². The lowest BCUT2D eigenvalue weighted by Crippen LogP contribution is -2.53. The zero-order valence-corrected chi connectivity index (χ0v) is 24.9. The van der Waals surface area contributed by atoms with Gasteiger partial charge in [-0.25, -0.2) is 8.42 Å². The lowest BCUT2D eigenvalue weighted by Gasteiger charge is -2.33. The number of amides is 2. The summed E-state index contributed by atoms with van der Waals surface area (Å²) < 4.78 is 26.8. The highest BCUT2D eigenvalue weighted by molar-refractivity contribution is 7.92. The van der Waals surface area contributed by atoms with Crippen molar-refractivity contribution in [3.05, 3.63) is 98.5 Å². The van der Waals surface area contributed by atoms with Crippen LogP contribution >= 0.6 is 34.8 Å². The molecule has 0 aliphatic carbocycles. The van der Waals surface area contributed by atoms with Gasteiger partial charge in [0.2, 0.25) is 21.8 Å². The molecule has 0 aromatic heterocycles. The fraction of sp³-hybridized carbons (Fsp3) is 0.286. The van der Waals surface area contributed by atoms with Gasteiger partial charge in [-0.1, -0.05) is 77.3 Å². The van der Waals surface area contributed by atoms with Gasteiger partial charge in [-0.05, 0) is 54.8 Å². The van der Waals surface area contributed by atoms with Gasteiger partial charge in [0.25, 0.3) is 0 Å². The third kappa shape index (κ3) is 8.11. The molecule has 11 heteroatoms. The molecule has 3 aromatic rings. The molecule has 0 spiro atoms. The van der Waals surface area contributed by atoms with Crippen molar-refractivity contribution < 1.29 is 18.0 Å². The molecule has 208 valence electrons. The standard InChI is InChI=1S/C28H30Cl3N3O4S/c1-4-32-28(36)26(16-20-9-6-5-7-10-20)33(17-21-13-14-23(30)24(31)15-21)27(35)18-34(39(3,37)38)25-12-8-11-22(29)19(25)2/h5-15,26H,4,16-18H2,1-3H3,(H,32,36)/t26-/m1/s1. The van der Waals surface area contributed by atoms with Crippen molar-refractivity contribution in [3.8, 4) is 0 Å². The summed E-state index contributed by atoms with van der Waals surface area (Å²) in [7, 11) is -3.90. The molecule has 0 saturated heterocycles. The van der Waals surface area contributed by atoms with E-state index in [2.05, 4.69) is 5.32 Å². The van der Waals surface area contributed by atoms with Gasteiger partial charge < -0.3 is 10.2 Å². The molecule has 2 amide bonds. The Morgan fingerprint density at radius 3 is 2.21 bits per heavy atom. The van der Waals surface area contributed by atoms with Gasteiger partial charge in [0.05, 0.1) is 22.0 Å². The summed E-state index contributed by atoms with van der Waals surface area (Å²) in [4.78, 5) is 28.8. The fourth-order valence-electron chi connectivity index (χ4n) is 4.14. The number of hydrogen-bond acceptors (Lipinski definition) is 4. The molecule has 0 heterocycles. The van der Waals surface area contributed by atoms with E-state index >= 15 is 0 Å². The highest BCUT2D eigenvalue weighted by Gasteiger charge is 2.33. The van der Waals surface area contributed by atoms with E-state index < -0.39 is 28.5 Å². The van der Waals surface area contributed by atoms with E-state index in [4.69, 9.17) is 34.8 Å². The molecule has 0 fully saturated rings. The molecule has 1 N–H and O–H groups in total. The van der Waals surface area contributed by atoms with Gasteiger partial charge >= 0.3 is 0 Å². The Balaban J connectivity index is 2.08. The van der Waals surface area contributed by atoms with E-state index in [0.29, 0.717) is 32.7 Å². The summed E-state index contributed by atoms with van der Waals surface area (Å²) in [5.41, 5.74) is 2.26. The third-order valence-electron chi connectivity index (χ3n) is 6.15. The highest BCUT2D eigenvalue weighted by atomic mass is 35.5. The van der Waals surface area contributed by atoms with Gasteiger partial charge in [0.15, 0.2) is 0 Å². The monoisotopic (exact) mass is 609 g/mol. The molecular formula is C28H30Cl3N3O4S. The van der Waals surface area contributed by atoms with Crippen LogP contribution in [0.25, 0.3) is 0 Å². The Kier molecular flexibility index (Phi) is 10.7. The van der Waals surface area contributed by atoms with E-state index in [-0.39, 0.29) is 24.6 Å². The predicted molar refractivity (Wildman–Crippen MR) is 158 cm³/mol. The predicted octanol–water partition coefficient (Wildman–Crippen LogP) is 5.50. The number of nitrogens with zero attached hydrogens (tertiary/aromatic N) is 2. The minimum Gasteiger partial charge on any atom is -0.355 e. The van der Waals surface area contributed by atoms with Crippen molar-refractivity contribution >= 4 is 62.3 Å². The van der Waals surface area contributed by atoms with Crippen LogP contribution in [0.5, 0.6) is 0 Å². The van der Waals surface area contributed by atoms with Crippen molar-refractivity contribution in [1.29, 1.82) is 0 Å². The second-order valence-corrected chi connectivity index (χ2v) is 12.2. The number of rotatable bonds is 11. The van der Waals surface area contributed by atoms with Gasteiger partial charge in [0.1, 0.15) is 12.6 Å². The van der Waals surface area contributed by atoms with Crippen LogP contribution in [-0.2, 0) is 32.6 Å². The summed E-state index contributed by atoms with van der Waals surface area (Å²) in [5.74, 6) is -0.933. The Bertz CT molecular complexity index is 1440. The number of carbonyl (C=O) groups excluding carboxylic acids is 2. The van der Waals surface area contributed by atoms with Crippen molar-refractivity contribution in [2.45, 2.75) is 32.9 Å². The molecule has 39 heavy (non-hydrogen) atoms. The maximum absolute atomic E-state index is 14.0. The Hall–Kier alpha value is -2.78. The lowest BCUT2D eigenvalue weighted by molar-refractivity contribution is -0.140. The van der Waals surface area contributed by atoms with Gasteiger partial charge in [-0.2, -0.15) is 0 Å². The molecule has 0 aliphatic heterocycles. The minimum atomic E-state index is -3.90. The van der Waals surface area contributed by atoms with Crippen LogP contribution in [0.15, 0.2) is 66.7 Å². The Morgan fingerprint density at radius 2 is 1.59 bits per heavy atom. The molecule has 3 rings (SSSR count). The molecule has 3 aromatic carbocycles. The van der Waals surface area contributed by atoms with Crippen LogP contribution in [0, 0.1) is 6.92 Å². The summed E-state index contributed by atoms with van der Waals surface area (Å²) in [6.07, 6.45) is 1.24. The highest BCUT2D eigenvalue weighted by Crippen LogP contribution is 2.29. The summed E-state index contributed by atoms with van der Waals surface area (Å²) in [6, 6.07) is 18.2. The number of anilines is 1. The topological polar surface area (TPSA) is 86.8 Å². The zero-order chi connectivity index (χ0) is 28.7. The van der Waals surface area contributed by atoms with Crippen molar-refractivity contribution in [3.63, 3.8) is 0 Å². The van der Waals surface area contributed by atoms with E-state index in [1.165, 1.54) is 4.90 Å². The number of hydrogen-bond donors (Lipinski definition) is 1. The van der Waals surface area contributed by atoms with E-state index in [1.54, 1.807) is 50.2 Å².